The Morgan fingerprint density at radius 3 is 2.62 bits per heavy atom. The molecule has 8 atom stereocenters. The summed E-state index contributed by atoms with van der Waals surface area (Å²) in [6, 6.07) is 0. The standard InChI is InChI=1S/C22H34O2/c1-21-9-6-16(23)12-14(21)2-4-18-19(21)8-11-22-10-7-17(24)13-15(22)3-5-20(18)22/h14-16,18-20,23H,2-13H2,1H3/t14-,15+,16+,18+,19-,20-,21-,22-/m0/s1. The SMILES string of the molecule is C[C@]12CC[C@@H](O)C[C@@H]1CC[C@@H]1[C@@H]2CC[C@@]23CCC(=O)C[C@H]2CC[C@@H]13. The van der Waals surface area contributed by atoms with Crippen LogP contribution < -0.4 is 0 Å². The van der Waals surface area contributed by atoms with Crippen LogP contribution in [0.2, 0.25) is 0 Å². The molecule has 2 heteroatoms. The third-order valence-electron chi connectivity index (χ3n) is 9.88. The van der Waals surface area contributed by atoms with E-state index >= 15 is 0 Å². The van der Waals surface area contributed by atoms with Crippen LogP contribution in [-0.4, -0.2) is 17.0 Å². The summed E-state index contributed by atoms with van der Waals surface area (Å²) in [5.74, 6) is 4.78. The molecule has 5 aliphatic carbocycles. The predicted octanol–water partition coefficient (Wildman–Crippen LogP) is 4.74. The number of hydrogen-bond acceptors (Lipinski definition) is 2. The minimum absolute atomic E-state index is 0.0326. The fourth-order valence-electron chi connectivity index (χ4n) is 8.72. The first kappa shape index (κ1) is 15.9. The predicted molar refractivity (Wildman–Crippen MR) is 94.4 cm³/mol. The van der Waals surface area contributed by atoms with Gasteiger partial charge >= 0.3 is 0 Å². The van der Waals surface area contributed by atoms with E-state index < -0.39 is 0 Å². The van der Waals surface area contributed by atoms with Crippen LogP contribution in [0, 0.1) is 40.4 Å². The van der Waals surface area contributed by atoms with E-state index in [0.29, 0.717) is 16.6 Å². The zero-order valence-corrected chi connectivity index (χ0v) is 15.3. The zero-order valence-electron chi connectivity index (χ0n) is 15.3. The topological polar surface area (TPSA) is 37.3 Å². The van der Waals surface area contributed by atoms with Gasteiger partial charge < -0.3 is 5.11 Å². The largest absolute Gasteiger partial charge is 0.393 e. The van der Waals surface area contributed by atoms with Gasteiger partial charge in [-0.3, -0.25) is 4.79 Å². The Kier molecular flexibility index (Phi) is 3.51. The van der Waals surface area contributed by atoms with Crippen LogP contribution in [-0.2, 0) is 4.79 Å². The molecule has 5 fully saturated rings. The Bertz CT molecular complexity index is 542. The lowest BCUT2D eigenvalue weighted by atomic mass is 9.43. The average molecular weight is 331 g/mol. The molecule has 0 heterocycles. The third-order valence-corrected chi connectivity index (χ3v) is 9.88. The number of rotatable bonds is 0. The van der Waals surface area contributed by atoms with Crippen molar-refractivity contribution in [2.75, 3.05) is 0 Å². The van der Waals surface area contributed by atoms with Crippen molar-refractivity contribution in [2.24, 2.45) is 40.4 Å². The molecule has 0 aromatic heterocycles. The van der Waals surface area contributed by atoms with Gasteiger partial charge in [0.25, 0.3) is 0 Å². The second-order valence-corrected chi connectivity index (χ2v) is 10.4. The lowest BCUT2D eigenvalue weighted by molar-refractivity contribution is -0.144. The Balaban J connectivity index is 1.44. The average Bonchev–Trinajstić information content (AvgIpc) is 2.94. The van der Waals surface area contributed by atoms with Crippen LogP contribution in [0.3, 0.4) is 0 Å². The Hall–Kier alpha value is -0.370. The van der Waals surface area contributed by atoms with Gasteiger partial charge in [0.2, 0.25) is 0 Å². The molecule has 0 radical (unpaired) electrons. The molecule has 24 heavy (non-hydrogen) atoms. The Morgan fingerprint density at radius 1 is 0.917 bits per heavy atom. The van der Waals surface area contributed by atoms with E-state index in [1.165, 1.54) is 51.4 Å². The van der Waals surface area contributed by atoms with Crippen LogP contribution in [0.5, 0.6) is 0 Å². The van der Waals surface area contributed by atoms with E-state index in [0.717, 1.165) is 55.3 Å². The number of fused-ring (bicyclic) bond motifs is 4. The fraction of sp³-hybridized carbons (Fsp3) is 0.955. The minimum Gasteiger partial charge on any atom is -0.393 e. The van der Waals surface area contributed by atoms with Crippen molar-refractivity contribution < 1.29 is 9.90 Å². The number of aliphatic hydroxyl groups is 1. The third kappa shape index (κ3) is 2.01. The molecular formula is C22H34O2. The highest BCUT2D eigenvalue weighted by Gasteiger charge is 2.62. The molecule has 0 bridgehead atoms. The van der Waals surface area contributed by atoms with Gasteiger partial charge in [0.15, 0.2) is 0 Å². The highest BCUT2D eigenvalue weighted by Crippen LogP contribution is 2.69. The van der Waals surface area contributed by atoms with Crippen molar-refractivity contribution in [3.63, 3.8) is 0 Å². The lowest BCUT2D eigenvalue weighted by Crippen LogP contribution is -2.55. The van der Waals surface area contributed by atoms with Gasteiger partial charge in [0, 0.05) is 12.8 Å². The molecule has 134 valence electrons. The molecule has 1 spiro atoms. The molecule has 0 aromatic rings. The zero-order chi connectivity index (χ0) is 16.5. The number of carbonyl (C=O) groups excluding carboxylic acids is 1. The van der Waals surface area contributed by atoms with Crippen molar-refractivity contribution in [1.29, 1.82) is 0 Å². The molecule has 1 N–H and O–H groups in total. The van der Waals surface area contributed by atoms with Crippen molar-refractivity contribution in [3.05, 3.63) is 0 Å². The molecule has 2 nitrogen and oxygen atoms in total. The number of carbonyl (C=O) groups is 1. The molecular weight excluding hydrogens is 296 g/mol. The summed E-state index contributed by atoms with van der Waals surface area (Å²) in [5.41, 5.74) is 1.04. The lowest BCUT2D eigenvalue weighted by Gasteiger charge is -2.62. The monoisotopic (exact) mass is 330 g/mol. The van der Waals surface area contributed by atoms with Gasteiger partial charge in [0.05, 0.1) is 6.10 Å². The highest BCUT2D eigenvalue weighted by atomic mass is 16.3. The van der Waals surface area contributed by atoms with E-state index in [1.54, 1.807) is 0 Å². The molecule has 0 saturated heterocycles. The summed E-state index contributed by atoms with van der Waals surface area (Å²) in [6.45, 7) is 2.58. The highest BCUT2D eigenvalue weighted by molar-refractivity contribution is 5.79. The van der Waals surface area contributed by atoms with Crippen LogP contribution >= 0.6 is 0 Å². The second-order valence-electron chi connectivity index (χ2n) is 10.4. The van der Waals surface area contributed by atoms with Crippen molar-refractivity contribution >= 4 is 5.78 Å². The van der Waals surface area contributed by atoms with Gasteiger partial charge in [-0.25, -0.2) is 0 Å². The second kappa shape index (κ2) is 5.32. The van der Waals surface area contributed by atoms with Gasteiger partial charge in [-0.15, -0.1) is 0 Å². The summed E-state index contributed by atoms with van der Waals surface area (Å²) in [5, 5.41) is 10.2. The van der Waals surface area contributed by atoms with Gasteiger partial charge in [-0.1, -0.05) is 6.92 Å². The molecule has 0 aromatic carbocycles. The minimum atomic E-state index is -0.0326. The molecule has 0 amide bonds. The number of aliphatic hydroxyl groups excluding tert-OH is 1. The molecule has 0 aliphatic heterocycles. The Labute approximate surface area is 146 Å². The van der Waals surface area contributed by atoms with E-state index in [-0.39, 0.29) is 6.10 Å². The Morgan fingerprint density at radius 2 is 1.75 bits per heavy atom. The first-order chi connectivity index (χ1) is 11.5. The van der Waals surface area contributed by atoms with Crippen molar-refractivity contribution in [1.82, 2.24) is 0 Å². The molecule has 0 unspecified atom stereocenters. The maximum atomic E-state index is 12.0. The quantitative estimate of drug-likeness (QED) is 0.696. The van der Waals surface area contributed by atoms with Gasteiger partial charge in [-0.2, -0.15) is 0 Å². The molecule has 5 rings (SSSR count). The summed E-state index contributed by atoms with van der Waals surface area (Å²) >= 11 is 0. The molecule has 5 saturated carbocycles. The number of hydrogen-bond donors (Lipinski definition) is 1. The van der Waals surface area contributed by atoms with E-state index in [9.17, 15) is 9.90 Å². The van der Waals surface area contributed by atoms with Gasteiger partial charge in [0.1, 0.15) is 5.78 Å². The summed E-state index contributed by atoms with van der Waals surface area (Å²) in [4.78, 5) is 12.0. The van der Waals surface area contributed by atoms with Crippen LogP contribution in [0.15, 0.2) is 0 Å². The van der Waals surface area contributed by atoms with E-state index in [2.05, 4.69) is 6.92 Å². The normalized spacial score (nSPS) is 56.8. The summed E-state index contributed by atoms with van der Waals surface area (Å²) in [6.07, 6.45) is 14.6. The van der Waals surface area contributed by atoms with Crippen molar-refractivity contribution in [2.45, 2.75) is 90.1 Å². The van der Waals surface area contributed by atoms with Crippen molar-refractivity contribution in [3.8, 4) is 0 Å². The van der Waals surface area contributed by atoms with Crippen LogP contribution in [0.25, 0.3) is 0 Å². The summed E-state index contributed by atoms with van der Waals surface area (Å²) in [7, 11) is 0. The smallest absolute Gasteiger partial charge is 0.133 e. The fourth-order valence-corrected chi connectivity index (χ4v) is 8.72. The number of Topliss-reactive ketones (excluding diaryl/α,β-unsaturated/α-hetero) is 1. The summed E-state index contributed by atoms with van der Waals surface area (Å²) < 4.78 is 0. The maximum Gasteiger partial charge on any atom is 0.133 e. The molecule has 5 aliphatic rings. The first-order valence-corrected chi connectivity index (χ1v) is 10.7. The first-order valence-electron chi connectivity index (χ1n) is 10.7. The van der Waals surface area contributed by atoms with Crippen LogP contribution in [0.1, 0.15) is 84.0 Å². The van der Waals surface area contributed by atoms with Gasteiger partial charge in [-0.05, 0) is 105 Å². The van der Waals surface area contributed by atoms with Crippen LogP contribution in [0.4, 0.5) is 0 Å². The van der Waals surface area contributed by atoms with E-state index in [1.807, 2.05) is 0 Å². The number of ketones is 1. The maximum absolute atomic E-state index is 12.0. The van der Waals surface area contributed by atoms with E-state index in [4.69, 9.17) is 0 Å².